The van der Waals surface area contributed by atoms with Gasteiger partial charge in [0.2, 0.25) is 0 Å². The van der Waals surface area contributed by atoms with E-state index >= 15 is 0 Å². The monoisotopic (exact) mass is 120 g/mol. The Bertz CT molecular complexity index is 23.1. The molecule has 0 unspecified atom stereocenters. The first-order valence-electron chi connectivity index (χ1n) is 0.447. The summed E-state index contributed by atoms with van der Waals surface area (Å²) < 4.78 is 0. The first-order chi connectivity index (χ1) is 2.00. The number of hydrogen-bond acceptors (Lipinski definition) is 2. The Kier molecular flexibility index (Phi) is 722. The molecule has 0 aliphatic heterocycles. The molecular formula is C2N2Zn. The van der Waals surface area contributed by atoms with Crippen molar-refractivity contribution >= 4 is 0 Å². The molecule has 0 saturated carbocycles. The van der Waals surface area contributed by atoms with E-state index in [1.54, 1.807) is 0 Å². The van der Waals surface area contributed by atoms with Gasteiger partial charge in [-0.15, -0.1) is 0 Å². The van der Waals surface area contributed by atoms with Gasteiger partial charge in [0.05, 0.1) is 0 Å². The molecule has 0 radical (unpaired) electrons. The fraction of sp³-hybridized carbons (Fsp3) is 0. The van der Waals surface area contributed by atoms with Crippen LogP contribution in [0.1, 0.15) is 0 Å². The summed E-state index contributed by atoms with van der Waals surface area (Å²) in [5.74, 6) is 0. The van der Waals surface area contributed by atoms with Gasteiger partial charge in [-0.3, -0.25) is 0 Å². The summed E-state index contributed by atoms with van der Waals surface area (Å²) in [4.78, 5) is 0. The Hall–Kier alpha value is -0.397. The molecule has 20 valence electrons. The van der Waals surface area contributed by atoms with Gasteiger partial charge >= 0.3 is 19.5 Å². The minimum absolute atomic E-state index is 0. The van der Waals surface area contributed by atoms with Crippen molar-refractivity contribution in [3.8, 4) is 0 Å². The fourth-order valence-corrected chi connectivity index (χ4v) is 0. The summed E-state index contributed by atoms with van der Waals surface area (Å²) in [7, 11) is 0. The van der Waals surface area contributed by atoms with Crippen molar-refractivity contribution < 1.29 is 19.5 Å². The summed E-state index contributed by atoms with van der Waals surface area (Å²) in [6.45, 7) is 9.50. The Balaban J connectivity index is -0.0000000133. The van der Waals surface area contributed by atoms with Crippen molar-refractivity contribution in [1.29, 1.82) is 10.5 Å². The molecule has 0 aromatic carbocycles. The van der Waals surface area contributed by atoms with Gasteiger partial charge in [0, 0.05) is 0 Å². The van der Waals surface area contributed by atoms with Crippen LogP contribution in [0.25, 0.3) is 0 Å². The third-order valence-electron chi connectivity index (χ3n) is 0. The zero-order valence-electron chi connectivity index (χ0n) is 2.60. The van der Waals surface area contributed by atoms with E-state index in [2.05, 4.69) is 0 Å². The van der Waals surface area contributed by atoms with Crippen LogP contribution in [0.5, 0.6) is 0 Å². The Labute approximate surface area is 43.8 Å². The van der Waals surface area contributed by atoms with Gasteiger partial charge in [0.25, 0.3) is 0 Å². The molecule has 0 fully saturated rings. The summed E-state index contributed by atoms with van der Waals surface area (Å²) in [5, 5.41) is 12.5. The second-order valence-electron chi connectivity index (χ2n) is 0. The van der Waals surface area contributed by atoms with Crippen molar-refractivity contribution in [2.45, 2.75) is 0 Å². The molecule has 0 saturated heterocycles. The predicted octanol–water partition coefficient (Wildman–Crippen LogP) is 0.190. The second-order valence-corrected chi connectivity index (χ2v) is 0. The Morgan fingerprint density at radius 3 is 0.800 bits per heavy atom. The van der Waals surface area contributed by atoms with Crippen LogP contribution in [-0.4, -0.2) is 0 Å². The van der Waals surface area contributed by atoms with Crippen LogP contribution < -0.4 is 0 Å². The largest absolute Gasteiger partial charge is 2.00 e. The molecule has 0 aromatic heterocycles. The van der Waals surface area contributed by atoms with E-state index in [1.165, 1.54) is 0 Å². The minimum atomic E-state index is 0. The molecule has 0 rings (SSSR count). The Morgan fingerprint density at radius 2 is 0.800 bits per heavy atom. The van der Waals surface area contributed by atoms with E-state index in [0.717, 1.165) is 0 Å². The van der Waals surface area contributed by atoms with E-state index in [-0.39, 0.29) is 19.5 Å². The van der Waals surface area contributed by atoms with E-state index in [4.69, 9.17) is 23.7 Å². The van der Waals surface area contributed by atoms with Gasteiger partial charge < -0.3 is 23.7 Å². The van der Waals surface area contributed by atoms with Crippen LogP contribution in [0.3, 0.4) is 0 Å². The molecule has 0 aliphatic rings. The van der Waals surface area contributed by atoms with E-state index in [0.29, 0.717) is 0 Å². The average Bonchev–Trinajstić information content (AvgIpc) is 1.50. The summed E-state index contributed by atoms with van der Waals surface area (Å²) >= 11 is 0. The van der Waals surface area contributed by atoms with Gasteiger partial charge in [0.1, 0.15) is 0 Å². The second kappa shape index (κ2) is 155. The summed E-state index contributed by atoms with van der Waals surface area (Å²) in [5.41, 5.74) is 0. The van der Waals surface area contributed by atoms with Crippen molar-refractivity contribution in [3.05, 3.63) is 13.1 Å². The van der Waals surface area contributed by atoms with Crippen molar-refractivity contribution in [2.24, 2.45) is 0 Å². The van der Waals surface area contributed by atoms with Crippen LogP contribution in [0, 0.1) is 23.7 Å². The molecule has 3 heteroatoms. The molecule has 0 spiro atoms. The number of hydrogen-bond donors (Lipinski definition) is 0. The SMILES string of the molecule is [14C-]#N.[14C-]#N.[Zn+2]. The first-order valence-corrected chi connectivity index (χ1v) is 0.447. The molecular weight excluding hydrogens is 121 g/mol. The molecule has 0 amide bonds. The third-order valence-corrected chi connectivity index (χ3v) is 0. The molecule has 0 aliphatic carbocycles. The molecule has 0 heterocycles. The van der Waals surface area contributed by atoms with Crippen molar-refractivity contribution in [2.75, 3.05) is 0 Å². The molecule has 2 nitrogen and oxygen atoms in total. The zero-order chi connectivity index (χ0) is 4.00. The number of rotatable bonds is 0. The normalized spacial score (nSPS) is 0.800. The predicted molar refractivity (Wildman–Crippen MR) is 9.94 cm³/mol. The van der Waals surface area contributed by atoms with Gasteiger partial charge in [-0.2, -0.15) is 0 Å². The van der Waals surface area contributed by atoms with Gasteiger partial charge in [0.15, 0.2) is 0 Å². The smallest absolute Gasteiger partial charge is 0.512 e. The van der Waals surface area contributed by atoms with Crippen LogP contribution in [0.15, 0.2) is 0 Å². The maximum Gasteiger partial charge on any atom is 2.00 e. The zero-order valence-corrected chi connectivity index (χ0v) is 5.57. The topological polar surface area (TPSA) is 47.6 Å². The van der Waals surface area contributed by atoms with Crippen LogP contribution >= 0.6 is 0 Å². The van der Waals surface area contributed by atoms with E-state index in [9.17, 15) is 0 Å². The molecule has 0 atom stereocenters. The Morgan fingerprint density at radius 1 is 0.800 bits per heavy atom. The van der Waals surface area contributed by atoms with E-state index in [1.807, 2.05) is 0 Å². The summed E-state index contributed by atoms with van der Waals surface area (Å²) in [6, 6.07) is 0. The van der Waals surface area contributed by atoms with Gasteiger partial charge in [-0.25, -0.2) is 0 Å². The maximum atomic E-state index is 6.25. The van der Waals surface area contributed by atoms with Crippen LogP contribution in [0.4, 0.5) is 0 Å². The van der Waals surface area contributed by atoms with E-state index < -0.39 is 0 Å². The molecule has 0 aromatic rings. The van der Waals surface area contributed by atoms with Gasteiger partial charge in [-0.05, 0) is 0 Å². The molecule has 5 heavy (non-hydrogen) atoms. The first kappa shape index (κ1) is 23.3. The number of nitrogens with zero attached hydrogens (tertiary/aromatic N) is 2. The van der Waals surface area contributed by atoms with Crippen molar-refractivity contribution in [1.82, 2.24) is 0 Å². The summed E-state index contributed by atoms with van der Waals surface area (Å²) in [6.07, 6.45) is 0. The molecule has 0 bridgehead atoms. The standard InChI is InChI=1S/2CN.Zn/c2*1-2;/q2*-1;+2/i2*1+2;. The fourth-order valence-electron chi connectivity index (χ4n) is 0. The van der Waals surface area contributed by atoms with Crippen LogP contribution in [-0.2, 0) is 19.5 Å². The van der Waals surface area contributed by atoms with Crippen LogP contribution in [0.2, 0.25) is 0 Å². The maximum absolute atomic E-state index is 6.25. The van der Waals surface area contributed by atoms with Gasteiger partial charge in [-0.1, -0.05) is 0 Å². The van der Waals surface area contributed by atoms with Crippen molar-refractivity contribution in [3.63, 3.8) is 0 Å². The minimum Gasteiger partial charge on any atom is -0.512 e. The quantitative estimate of drug-likeness (QED) is 0.339. The molecule has 0 N–H and O–H groups in total. The average molecular weight is 121 g/mol. The third kappa shape index (κ3) is 58.9.